The van der Waals surface area contributed by atoms with E-state index in [1.165, 1.54) is 0 Å². The van der Waals surface area contributed by atoms with Gasteiger partial charge in [0.1, 0.15) is 5.69 Å². The number of hydrazine groups is 1. The van der Waals surface area contributed by atoms with Gasteiger partial charge in [-0.15, -0.1) is 0 Å². The molecule has 21 heavy (non-hydrogen) atoms. The van der Waals surface area contributed by atoms with Crippen molar-refractivity contribution in [3.8, 4) is 5.75 Å². The lowest BCUT2D eigenvalue weighted by atomic mass is 10.0. The third-order valence-corrected chi connectivity index (χ3v) is 3.60. The van der Waals surface area contributed by atoms with Gasteiger partial charge in [0.25, 0.3) is 0 Å². The van der Waals surface area contributed by atoms with Gasteiger partial charge in [0.05, 0.1) is 19.3 Å². The second-order valence-electron chi connectivity index (χ2n) is 4.94. The highest BCUT2D eigenvalue weighted by atomic mass is 35.5. The van der Waals surface area contributed by atoms with Gasteiger partial charge in [-0.3, -0.25) is 10.5 Å². The second kappa shape index (κ2) is 6.66. The maximum absolute atomic E-state index is 6.08. The molecular formula is C14H18Cl2N4O. The van der Waals surface area contributed by atoms with E-state index in [0.29, 0.717) is 15.8 Å². The third-order valence-electron chi connectivity index (χ3n) is 3.17. The summed E-state index contributed by atoms with van der Waals surface area (Å²) in [5, 5.41) is 5.45. The van der Waals surface area contributed by atoms with Crippen LogP contribution in [0.5, 0.6) is 5.75 Å². The molecule has 0 aliphatic heterocycles. The van der Waals surface area contributed by atoms with Crippen molar-refractivity contribution in [3.63, 3.8) is 0 Å². The molecule has 0 amide bonds. The minimum Gasteiger partial charge on any atom is -0.493 e. The number of ether oxygens (including phenoxy) is 1. The Morgan fingerprint density at radius 3 is 2.33 bits per heavy atom. The van der Waals surface area contributed by atoms with Gasteiger partial charge in [0.2, 0.25) is 0 Å². The van der Waals surface area contributed by atoms with Gasteiger partial charge in [-0.2, -0.15) is 5.10 Å². The van der Waals surface area contributed by atoms with Gasteiger partial charge in [-0.1, -0.05) is 23.2 Å². The molecule has 7 heteroatoms. The summed E-state index contributed by atoms with van der Waals surface area (Å²) in [5.74, 6) is 6.41. The Bertz CT molecular complexity index is 607. The van der Waals surface area contributed by atoms with E-state index in [2.05, 4.69) is 10.5 Å². The number of nitrogens with one attached hydrogen (secondary N) is 1. The van der Waals surface area contributed by atoms with Crippen LogP contribution in [0.1, 0.15) is 37.2 Å². The van der Waals surface area contributed by atoms with Crippen LogP contribution in [0.15, 0.2) is 24.4 Å². The Hall–Kier alpha value is -1.27. The average Bonchev–Trinajstić information content (AvgIpc) is 2.82. The predicted octanol–water partition coefficient (Wildman–Crippen LogP) is 3.33. The van der Waals surface area contributed by atoms with Crippen LogP contribution in [0.3, 0.4) is 0 Å². The molecule has 0 aliphatic carbocycles. The topological polar surface area (TPSA) is 65.1 Å². The lowest BCUT2D eigenvalue weighted by Crippen LogP contribution is -2.31. The maximum atomic E-state index is 6.08. The Morgan fingerprint density at radius 1 is 1.24 bits per heavy atom. The summed E-state index contributed by atoms with van der Waals surface area (Å²) in [6, 6.07) is 5.14. The SMILES string of the molecule is COc1cnn(C(C)C)c1C(NN)c1cc(Cl)cc(Cl)c1. The summed E-state index contributed by atoms with van der Waals surface area (Å²) in [6.45, 7) is 4.07. The van der Waals surface area contributed by atoms with Gasteiger partial charge in [0.15, 0.2) is 5.75 Å². The molecule has 5 nitrogen and oxygen atoms in total. The standard InChI is InChI=1S/C14H18Cl2N4O/c1-8(2)20-14(12(21-3)7-18-20)13(19-17)9-4-10(15)6-11(16)5-9/h4-8,13,19H,17H2,1-3H3. The fraction of sp³-hybridized carbons (Fsp3) is 0.357. The molecule has 114 valence electrons. The minimum atomic E-state index is -0.332. The molecule has 1 heterocycles. The molecule has 0 bridgehead atoms. The maximum Gasteiger partial charge on any atom is 0.161 e. The number of halogens is 2. The molecular weight excluding hydrogens is 311 g/mol. The summed E-state index contributed by atoms with van der Waals surface area (Å²) < 4.78 is 7.26. The van der Waals surface area contributed by atoms with E-state index in [1.54, 1.807) is 19.4 Å². The van der Waals surface area contributed by atoms with E-state index >= 15 is 0 Å². The summed E-state index contributed by atoms with van der Waals surface area (Å²) in [6.07, 6.45) is 1.67. The Labute approximate surface area is 134 Å². The smallest absolute Gasteiger partial charge is 0.161 e. The third kappa shape index (κ3) is 3.32. The molecule has 1 atom stereocenters. The molecule has 1 aromatic carbocycles. The van der Waals surface area contributed by atoms with Crippen LogP contribution in [0.25, 0.3) is 0 Å². The zero-order valence-corrected chi connectivity index (χ0v) is 13.6. The number of hydrogen-bond acceptors (Lipinski definition) is 4. The van der Waals surface area contributed by atoms with Gasteiger partial charge >= 0.3 is 0 Å². The van der Waals surface area contributed by atoms with E-state index < -0.39 is 0 Å². The monoisotopic (exact) mass is 328 g/mol. The van der Waals surface area contributed by atoms with Gasteiger partial charge in [-0.05, 0) is 37.6 Å². The number of nitrogens with two attached hydrogens (primary N) is 1. The number of methoxy groups -OCH3 is 1. The molecule has 2 rings (SSSR count). The lowest BCUT2D eigenvalue weighted by molar-refractivity contribution is 0.394. The lowest BCUT2D eigenvalue weighted by Gasteiger charge is -2.21. The van der Waals surface area contributed by atoms with Crippen LogP contribution in [-0.4, -0.2) is 16.9 Å². The predicted molar refractivity (Wildman–Crippen MR) is 84.8 cm³/mol. The van der Waals surface area contributed by atoms with E-state index in [0.717, 1.165) is 11.3 Å². The Kier molecular flexibility index (Phi) is 5.11. The number of aromatic nitrogens is 2. The highest BCUT2D eigenvalue weighted by Crippen LogP contribution is 2.33. The molecule has 0 aliphatic rings. The van der Waals surface area contributed by atoms with Crippen LogP contribution in [-0.2, 0) is 0 Å². The number of benzene rings is 1. The molecule has 1 unspecified atom stereocenters. The van der Waals surface area contributed by atoms with Gasteiger partial charge in [0, 0.05) is 16.1 Å². The number of rotatable bonds is 5. The highest BCUT2D eigenvalue weighted by Gasteiger charge is 2.24. The fourth-order valence-corrected chi connectivity index (χ4v) is 2.82. The first kappa shape index (κ1) is 16.1. The quantitative estimate of drug-likeness (QED) is 0.652. The highest BCUT2D eigenvalue weighted by molar-refractivity contribution is 6.34. The van der Waals surface area contributed by atoms with Crippen LogP contribution >= 0.6 is 23.2 Å². The van der Waals surface area contributed by atoms with Crippen molar-refractivity contribution >= 4 is 23.2 Å². The summed E-state index contributed by atoms with van der Waals surface area (Å²) >= 11 is 12.2. The normalized spacial score (nSPS) is 12.7. The van der Waals surface area contributed by atoms with Crippen molar-refractivity contribution in [1.82, 2.24) is 15.2 Å². The molecule has 0 saturated carbocycles. The second-order valence-corrected chi connectivity index (χ2v) is 5.81. The zero-order valence-electron chi connectivity index (χ0n) is 12.1. The first-order valence-electron chi connectivity index (χ1n) is 6.51. The van der Waals surface area contributed by atoms with Gasteiger partial charge < -0.3 is 4.74 Å². The van der Waals surface area contributed by atoms with Gasteiger partial charge in [-0.25, -0.2) is 5.43 Å². The van der Waals surface area contributed by atoms with Crippen molar-refractivity contribution in [3.05, 3.63) is 45.7 Å². The zero-order chi connectivity index (χ0) is 15.6. The van der Waals surface area contributed by atoms with E-state index in [-0.39, 0.29) is 12.1 Å². The first-order valence-corrected chi connectivity index (χ1v) is 7.27. The Morgan fingerprint density at radius 2 is 1.86 bits per heavy atom. The molecule has 0 saturated heterocycles. The van der Waals surface area contributed by atoms with Crippen molar-refractivity contribution in [2.45, 2.75) is 25.9 Å². The molecule has 2 aromatic rings. The number of nitrogens with zero attached hydrogens (tertiary/aromatic N) is 2. The molecule has 0 fully saturated rings. The molecule has 0 radical (unpaired) electrons. The van der Waals surface area contributed by atoms with Crippen LogP contribution < -0.4 is 16.0 Å². The van der Waals surface area contributed by atoms with Crippen LogP contribution in [0, 0.1) is 0 Å². The largest absolute Gasteiger partial charge is 0.493 e. The fourth-order valence-electron chi connectivity index (χ4n) is 2.27. The van der Waals surface area contributed by atoms with E-state index in [1.807, 2.05) is 30.7 Å². The van der Waals surface area contributed by atoms with Crippen molar-refractivity contribution in [2.75, 3.05) is 7.11 Å². The van der Waals surface area contributed by atoms with Crippen molar-refractivity contribution in [2.24, 2.45) is 5.84 Å². The minimum absolute atomic E-state index is 0.161. The van der Waals surface area contributed by atoms with E-state index in [9.17, 15) is 0 Å². The summed E-state index contributed by atoms with van der Waals surface area (Å²) in [4.78, 5) is 0. The summed E-state index contributed by atoms with van der Waals surface area (Å²) in [5.41, 5.74) is 4.46. The van der Waals surface area contributed by atoms with E-state index in [4.69, 9.17) is 33.8 Å². The molecule has 3 N–H and O–H groups in total. The Balaban J connectivity index is 2.57. The summed E-state index contributed by atoms with van der Waals surface area (Å²) in [7, 11) is 1.60. The first-order chi connectivity index (χ1) is 9.97. The van der Waals surface area contributed by atoms with Crippen LogP contribution in [0.4, 0.5) is 0 Å². The number of hydrogen-bond donors (Lipinski definition) is 2. The molecule has 1 aromatic heterocycles. The average molecular weight is 329 g/mol. The van der Waals surface area contributed by atoms with Crippen LogP contribution in [0.2, 0.25) is 10.0 Å². The molecule has 0 spiro atoms. The van der Waals surface area contributed by atoms with Crippen molar-refractivity contribution in [1.29, 1.82) is 0 Å². The van der Waals surface area contributed by atoms with Crippen molar-refractivity contribution < 1.29 is 4.74 Å².